The molecule has 0 saturated carbocycles. The second kappa shape index (κ2) is 6.85. The molecule has 0 radical (unpaired) electrons. The minimum atomic E-state index is 0.623. The molecule has 2 heterocycles. The van der Waals surface area contributed by atoms with E-state index in [0.29, 0.717) is 6.04 Å². The summed E-state index contributed by atoms with van der Waals surface area (Å²) in [4.78, 5) is 6.67. The van der Waals surface area contributed by atoms with E-state index in [1.54, 1.807) is 0 Å². The van der Waals surface area contributed by atoms with Crippen LogP contribution in [0.3, 0.4) is 0 Å². The predicted octanol–water partition coefficient (Wildman–Crippen LogP) is 1.60. The summed E-state index contributed by atoms with van der Waals surface area (Å²) in [7, 11) is 2.11. The van der Waals surface area contributed by atoms with Crippen LogP contribution in [0.1, 0.15) is 44.3 Å². The SMILES string of the molecule is CCCCc1noc(CN(C)CC2CCCN2)n1. The molecule has 1 aromatic rings. The molecule has 1 unspecified atom stereocenters. The third kappa shape index (κ3) is 4.07. The van der Waals surface area contributed by atoms with E-state index < -0.39 is 0 Å². The summed E-state index contributed by atoms with van der Waals surface area (Å²) in [5.74, 6) is 1.58. The van der Waals surface area contributed by atoms with Gasteiger partial charge in [0.25, 0.3) is 0 Å². The standard InChI is InChI=1S/C13H24N4O/c1-3-4-7-12-15-13(18-16-12)10-17(2)9-11-6-5-8-14-11/h11,14H,3-10H2,1-2H3. The van der Waals surface area contributed by atoms with Gasteiger partial charge in [-0.2, -0.15) is 4.98 Å². The Labute approximate surface area is 109 Å². The maximum atomic E-state index is 5.27. The van der Waals surface area contributed by atoms with E-state index in [9.17, 15) is 0 Å². The van der Waals surface area contributed by atoms with Crippen molar-refractivity contribution >= 4 is 0 Å². The number of rotatable bonds is 7. The Morgan fingerprint density at radius 1 is 1.50 bits per heavy atom. The Kier molecular flexibility index (Phi) is 5.13. The van der Waals surface area contributed by atoms with Crippen LogP contribution >= 0.6 is 0 Å². The molecule has 1 aliphatic heterocycles. The maximum Gasteiger partial charge on any atom is 0.240 e. The minimum absolute atomic E-state index is 0.623. The quantitative estimate of drug-likeness (QED) is 0.798. The molecule has 2 rings (SSSR count). The number of aromatic nitrogens is 2. The van der Waals surface area contributed by atoms with Gasteiger partial charge in [0.15, 0.2) is 5.82 Å². The summed E-state index contributed by atoms with van der Waals surface area (Å²) >= 11 is 0. The average Bonchev–Trinajstić information content (AvgIpc) is 2.98. The Bertz CT molecular complexity index is 347. The molecule has 1 saturated heterocycles. The summed E-state index contributed by atoms with van der Waals surface area (Å²) in [6, 6.07) is 0.623. The molecule has 5 heteroatoms. The van der Waals surface area contributed by atoms with Crippen molar-refractivity contribution in [3.8, 4) is 0 Å². The highest BCUT2D eigenvalue weighted by Gasteiger charge is 2.17. The van der Waals surface area contributed by atoms with Crippen LogP contribution in [0.2, 0.25) is 0 Å². The van der Waals surface area contributed by atoms with Crippen molar-refractivity contribution in [3.05, 3.63) is 11.7 Å². The van der Waals surface area contributed by atoms with Gasteiger partial charge in [0.2, 0.25) is 5.89 Å². The average molecular weight is 252 g/mol. The Balaban J connectivity index is 1.75. The zero-order chi connectivity index (χ0) is 12.8. The van der Waals surface area contributed by atoms with Crippen LogP contribution < -0.4 is 5.32 Å². The lowest BCUT2D eigenvalue weighted by atomic mass is 10.2. The lowest BCUT2D eigenvalue weighted by Crippen LogP contribution is -2.35. The van der Waals surface area contributed by atoms with Crippen molar-refractivity contribution < 1.29 is 4.52 Å². The molecule has 1 atom stereocenters. The number of likely N-dealkylation sites (N-methyl/N-ethyl adjacent to an activating group) is 1. The summed E-state index contributed by atoms with van der Waals surface area (Å²) in [6.07, 6.45) is 5.78. The number of unbranched alkanes of at least 4 members (excludes halogenated alkanes) is 1. The van der Waals surface area contributed by atoms with E-state index in [4.69, 9.17) is 4.52 Å². The highest BCUT2D eigenvalue weighted by molar-refractivity contribution is 4.87. The molecule has 0 bridgehead atoms. The molecular formula is C13H24N4O. The van der Waals surface area contributed by atoms with Gasteiger partial charge in [-0.1, -0.05) is 18.5 Å². The van der Waals surface area contributed by atoms with Crippen molar-refractivity contribution in [3.63, 3.8) is 0 Å². The van der Waals surface area contributed by atoms with E-state index in [1.807, 2.05) is 0 Å². The van der Waals surface area contributed by atoms with Crippen molar-refractivity contribution in [1.29, 1.82) is 0 Å². The summed E-state index contributed by atoms with van der Waals surface area (Å²) < 4.78 is 5.27. The van der Waals surface area contributed by atoms with E-state index in [2.05, 4.69) is 34.3 Å². The first kappa shape index (κ1) is 13.5. The molecule has 1 fully saturated rings. The number of nitrogens with one attached hydrogen (secondary N) is 1. The normalized spacial score (nSPS) is 19.8. The monoisotopic (exact) mass is 252 g/mol. The number of hydrogen-bond donors (Lipinski definition) is 1. The van der Waals surface area contributed by atoms with E-state index in [0.717, 1.165) is 50.6 Å². The number of nitrogens with zero attached hydrogens (tertiary/aromatic N) is 3. The fourth-order valence-electron chi connectivity index (χ4n) is 2.38. The van der Waals surface area contributed by atoms with E-state index in [1.165, 1.54) is 12.8 Å². The molecule has 0 aliphatic carbocycles. The first-order valence-corrected chi connectivity index (χ1v) is 7.01. The molecule has 18 heavy (non-hydrogen) atoms. The van der Waals surface area contributed by atoms with Gasteiger partial charge in [0.1, 0.15) is 0 Å². The van der Waals surface area contributed by atoms with Crippen LogP contribution in [-0.2, 0) is 13.0 Å². The molecule has 5 nitrogen and oxygen atoms in total. The lowest BCUT2D eigenvalue weighted by Gasteiger charge is -2.18. The maximum absolute atomic E-state index is 5.27. The van der Waals surface area contributed by atoms with Gasteiger partial charge < -0.3 is 9.84 Å². The Morgan fingerprint density at radius 2 is 2.39 bits per heavy atom. The van der Waals surface area contributed by atoms with Gasteiger partial charge >= 0.3 is 0 Å². The van der Waals surface area contributed by atoms with E-state index in [-0.39, 0.29) is 0 Å². The van der Waals surface area contributed by atoms with Gasteiger partial charge in [-0.15, -0.1) is 0 Å². The van der Waals surface area contributed by atoms with Crippen molar-refractivity contribution in [2.45, 2.75) is 51.6 Å². The Hall–Kier alpha value is -0.940. The van der Waals surface area contributed by atoms with Crippen LogP contribution in [0.15, 0.2) is 4.52 Å². The number of hydrogen-bond acceptors (Lipinski definition) is 5. The van der Waals surface area contributed by atoms with Gasteiger partial charge in [-0.05, 0) is 32.9 Å². The molecule has 1 aliphatic rings. The topological polar surface area (TPSA) is 54.2 Å². The second-order valence-corrected chi connectivity index (χ2v) is 5.20. The third-order valence-corrected chi connectivity index (χ3v) is 3.36. The lowest BCUT2D eigenvalue weighted by molar-refractivity contribution is 0.248. The van der Waals surface area contributed by atoms with Crippen LogP contribution in [0.25, 0.3) is 0 Å². The second-order valence-electron chi connectivity index (χ2n) is 5.20. The predicted molar refractivity (Wildman–Crippen MR) is 70.3 cm³/mol. The fraction of sp³-hybridized carbons (Fsp3) is 0.846. The van der Waals surface area contributed by atoms with Crippen molar-refractivity contribution in [2.75, 3.05) is 20.1 Å². The van der Waals surface area contributed by atoms with Crippen LogP contribution in [0.4, 0.5) is 0 Å². The van der Waals surface area contributed by atoms with Crippen LogP contribution in [0, 0.1) is 0 Å². The highest BCUT2D eigenvalue weighted by atomic mass is 16.5. The molecule has 1 N–H and O–H groups in total. The smallest absolute Gasteiger partial charge is 0.240 e. The van der Waals surface area contributed by atoms with E-state index >= 15 is 0 Å². The molecule has 0 amide bonds. The first-order chi connectivity index (χ1) is 8.78. The first-order valence-electron chi connectivity index (χ1n) is 7.01. The largest absolute Gasteiger partial charge is 0.338 e. The van der Waals surface area contributed by atoms with Crippen LogP contribution in [0.5, 0.6) is 0 Å². The van der Waals surface area contributed by atoms with Gasteiger partial charge in [0.05, 0.1) is 6.54 Å². The summed E-state index contributed by atoms with van der Waals surface area (Å²) in [5, 5.41) is 7.51. The minimum Gasteiger partial charge on any atom is -0.338 e. The van der Waals surface area contributed by atoms with Gasteiger partial charge in [-0.3, -0.25) is 4.90 Å². The summed E-state index contributed by atoms with van der Waals surface area (Å²) in [5.41, 5.74) is 0. The van der Waals surface area contributed by atoms with Gasteiger partial charge in [-0.25, -0.2) is 0 Å². The zero-order valence-corrected chi connectivity index (χ0v) is 11.5. The summed E-state index contributed by atoms with van der Waals surface area (Å²) in [6.45, 7) is 5.12. The third-order valence-electron chi connectivity index (χ3n) is 3.36. The number of aryl methyl sites for hydroxylation is 1. The molecule has 1 aromatic heterocycles. The molecule has 0 aromatic carbocycles. The molecule has 102 valence electrons. The van der Waals surface area contributed by atoms with Crippen molar-refractivity contribution in [1.82, 2.24) is 20.4 Å². The van der Waals surface area contributed by atoms with Crippen LogP contribution in [-0.4, -0.2) is 41.2 Å². The highest BCUT2D eigenvalue weighted by Crippen LogP contribution is 2.09. The van der Waals surface area contributed by atoms with Crippen molar-refractivity contribution in [2.24, 2.45) is 0 Å². The molecular weight excluding hydrogens is 228 g/mol. The Morgan fingerprint density at radius 3 is 3.11 bits per heavy atom. The fourth-order valence-corrected chi connectivity index (χ4v) is 2.38. The zero-order valence-electron chi connectivity index (χ0n) is 11.5. The molecule has 0 spiro atoms. The van der Waals surface area contributed by atoms with Gasteiger partial charge in [0, 0.05) is 19.0 Å².